The lowest BCUT2D eigenvalue weighted by Crippen LogP contribution is -2.39. The first-order valence-electron chi connectivity index (χ1n) is 6.34. The highest BCUT2D eigenvalue weighted by atomic mass is 35.5. The topological polar surface area (TPSA) is 21.3 Å². The molecule has 1 aromatic carbocycles. The normalized spacial score (nSPS) is 29.8. The van der Waals surface area contributed by atoms with Crippen LogP contribution in [0, 0.1) is 0 Å². The van der Waals surface area contributed by atoms with Gasteiger partial charge in [-0.25, -0.2) is 0 Å². The fourth-order valence-corrected chi connectivity index (χ4v) is 3.08. The van der Waals surface area contributed by atoms with Crippen LogP contribution in [0.3, 0.4) is 0 Å². The van der Waals surface area contributed by atoms with Gasteiger partial charge < -0.3 is 10.1 Å². The molecule has 2 nitrogen and oxygen atoms in total. The van der Waals surface area contributed by atoms with Crippen molar-refractivity contribution >= 4 is 18.5 Å². The van der Waals surface area contributed by atoms with Crippen LogP contribution in [0.4, 0.5) is 0 Å². The fourth-order valence-electron chi connectivity index (χ4n) is 3.08. The van der Waals surface area contributed by atoms with E-state index in [0.29, 0.717) is 5.92 Å². The molecule has 0 spiro atoms. The molecule has 2 aliphatic heterocycles. The first-order chi connectivity index (χ1) is 8.24. The first-order valence-corrected chi connectivity index (χ1v) is 6.34. The summed E-state index contributed by atoms with van der Waals surface area (Å²) >= 11 is 0. The predicted molar refractivity (Wildman–Crippen MR) is 77.2 cm³/mol. The van der Waals surface area contributed by atoms with Crippen LogP contribution in [0.2, 0.25) is 0 Å². The molecular formula is C15H20ClNO. The van der Waals surface area contributed by atoms with Gasteiger partial charge in [0.2, 0.25) is 0 Å². The van der Waals surface area contributed by atoms with Crippen molar-refractivity contribution in [3.63, 3.8) is 0 Å². The van der Waals surface area contributed by atoms with E-state index in [1.54, 1.807) is 0 Å². The zero-order valence-corrected chi connectivity index (χ0v) is 11.7. The van der Waals surface area contributed by atoms with Crippen molar-refractivity contribution in [2.75, 3.05) is 13.1 Å². The maximum Gasteiger partial charge on any atom is 0.0863 e. The van der Waals surface area contributed by atoms with Gasteiger partial charge in [-0.3, -0.25) is 0 Å². The molecule has 0 aliphatic carbocycles. The van der Waals surface area contributed by atoms with Gasteiger partial charge in [0.25, 0.3) is 0 Å². The summed E-state index contributed by atoms with van der Waals surface area (Å²) in [7, 11) is 0. The van der Waals surface area contributed by atoms with E-state index in [-0.39, 0.29) is 18.0 Å². The van der Waals surface area contributed by atoms with Crippen molar-refractivity contribution in [1.29, 1.82) is 0 Å². The second-order valence-corrected chi connectivity index (χ2v) is 5.20. The number of halogens is 1. The van der Waals surface area contributed by atoms with E-state index in [2.05, 4.69) is 49.5 Å². The van der Waals surface area contributed by atoms with Crippen LogP contribution in [0.1, 0.15) is 36.5 Å². The number of hydrogen-bond acceptors (Lipinski definition) is 2. The van der Waals surface area contributed by atoms with Gasteiger partial charge in [-0.1, -0.05) is 30.4 Å². The van der Waals surface area contributed by atoms with Crippen LogP contribution in [0.25, 0.3) is 6.08 Å². The summed E-state index contributed by atoms with van der Waals surface area (Å²) in [6.45, 7) is 7.02. The van der Waals surface area contributed by atoms with E-state index in [1.165, 1.54) is 16.7 Å². The highest BCUT2D eigenvalue weighted by Crippen LogP contribution is 2.42. The molecule has 0 saturated carbocycles. The van der Waals surface area contributed by atoms with Crippen molar-refractivity contribution in [1.82, 2.24) is 5.32 Å². The quantitative estimate of drug-likeness (QED) is 0.842. The van der Waals surface area contributed by atoms with Gasteiger partial charge in [0.1, 0.15) is 0 Å². The first kappa shape index (κ1) is 13.6. The SMILES string of the molecule is C/C=C\c1cccc2c1COC1(C)CNCC21.Cl. The van der Waals surface area contributed by atoms with Gasteiger partial charge in [-0.15, -0.1) is 12.4 Å². The monoisotopic (exact) mass is 265 g/mol. The molecule has 2 unspecified atom stereocenters. The Kier molecular flexibility index (Phi) is 3.81. The van der Waals surface area contributed by atoms with E-state index < -0.39 is 0 Å². The standard InChI is InChI=1S/C15H19NO.ClH/c1-3-5-11-6-4-7-12-13(11)9-17-15(2)10-16-8-14(12)15;/h3-7,14,16H,8-10H2,1-2H3;1H/b5-3-;. The van der Waals surface area contributed by atoms with Gasteiger partial charge in [0.15, 0.2) is 0 Å². The number of hydrogen-bond donors (Lipinski definition) is 1. The van der Waals surface area contributed by atoms with Crippen molar-refractivity contribution < 1.29 is 4.74 Å². The molecule has 98 valence electrons. The molecule has 0 radical (unpaired) electrons. The van der Waals surface area contributed by atoms with Crippen LogP contribution < -0.4 is 5.32 Å². The molecule has 2 heterocycles. The molecule has 2 aliphatic rings. The average Bonchev–Trinajstić information content (AvgIpc) is 2.72. The zero-order valence-electron chi connectivity index (χ0n) is 10.9. The van der Waals surface area contributed by atoms with Crippen LogP contribution in [0.15, 0.2) is 24.3 Å². The summed E-state index contributed by atoms with van der Waals surface area (Å²) in [4.78, 5) is 0. The smallest absolute Gasteiger partial charge is 0.0863 e. The lowest BCUT2D eigenvalue weighted by molar-refractivity contribution is -0.0518. The number of benzene rings is 1. The summed E-state index contributed by atoms with van der Waals surface area (Å²) < 4.78 is 6.11. The lowest BCUT2D eigenvalue weighted by atomic mass is 9.80. The van der Waals surface area contributed by atoms with Crippen LogP contribution in [-0.4, -0.2) is 18.7 Å². The van der Waals surface area contributed by atoms with Crippen LogP contribution in [0.5, 0.6) is 0 Å². The minimum atomic E-state index is -0.0123. The van der Waals surface area contributed by atoms with Crippen molar-refractivity contribution in [3.8, 4) is 0 Å². The van der Waals surface area contributed by atoms with Gasteiger partial charge >= 0.3 is 0 Å². The molecule has 18 heavy (non-hydrogen) atoms. The Labute approximate surface area is 115 Å². The number of allylic oxidation sites excluding steroid dienone is 1. The van der Waals surface area contributed by atoms with Gasteiger partial charge in [-0.2, -0.15) is 0 Å². The third-order valence-electron chi connectivity index (χ3n) is 4.08. The van der Waals surface area contributed by atoms with Crippen LogP contribution >= 0.6 is 12.4 Å². The number of rotatable bonds is 1. The summed E-state index contributed by atoms with van der Waals surface area (Å²) in [6.07, 6.45) is 4.27. The minimum Gasteiger partial charge on any atom is -0.369 e. The summed E-state index contributed by atoms with van der Waals surface area (Å²) in [5.74, 6) is 0.497. The zero-order chi connectivity index (χ0) is 11.9. The molecule has 0 amide bonds. The van der Waals surface area contributed by atoms with Gasteiger partial charge in [-0.05, 0) is 30.5 Å². The van der Waals surface area contributed by atoms with Crippen LogP contribution in [-0.2, 0) is 11.3 Å². The Morgan fingerprint density at radius 3 is 3.06 bits per heavy atom. The van der Waals surface area contributed by atoms with Crippen molar-refractivity contribution in [2.45, 2.75) is 32.0 Å². The Hall–Kier alpha value is -0.830. The molecule has 1 fully saturated rings. The van der Waals surface area contributed by atoms with E-state index in [0.717, 1.165) is 19.7 Å². The fraction of sp³-hybridized carbons (Fsp3) is 0.467. The maximum atomic E-state index is 6.11. The van der Waals surface area contributed by atoms with Crippen molar-refractivity contribution in [3.05, 3.63) is 41.0 Å². The number of ether oxygens (including phenoxy) is 1. The van der Waals surface area contributed by atoms with E-state index in [1.807, 2.05) is 0 Å². The summed E-state index contributed by atoms with van der Waals surface area (Å²) in [6, 6.07) is 6.60. The Morgan fingerprint density at radius 1 is 1.44 bits per heavy atom. The van der Waals surface area contributed by atoms with E-state index in [4.69, 9.17) is 4.74 Å². The Morgan fingerprint density at radius 2 is 2.28 bits per heavy atom. The van der Waals surface area contributed by atoms with E-state index in [9.17, 15) is 0 Å². The Balaban J connectivity index is 0.00000120. The minimum absolute atomic E-state index is 0. The Bertz CT molecular complexity index is 472. The average molecular weight is 266 g/mol. The summed E-state index contributed by atoms with van der Waals surface area (Å²) in [5, 5.41) is 3.45. The van der Waals surface area contributed by atoms with E-state index >= 15 is 0 Å². The van der Waals surface area contributed by atoms with Gasteiger partial charge in [0, 0.05) is 19.0 Å². The molecule has 0 aromatic heterocycles. The summed E-state index contributed by atoms with van der Waals surface area (Å²) in [5.41, 5.74) is 4.14. The number of nitrogens with one attached hydrogen (secondary N) is 1. The maximum absolute atomic E-state index is 6.11. The highest BCUT2D eigenvalue weighted by molar-refractivity contribution is 5.85. The largest absolute Gasteiger partial charge is 0.369 e. The van der Waals surface area contributed by atoms with Crippen molar-refractivity contribution in [2.24, 2.45) is 0 Å². The molecule has 2 atom stereocenters. The third kappa shape index (κ3) is 1.99. The molecule has 3 heteroatoms. The molecule has 1 saturated heterocycles. The highest BCUT2D eigenvalue weighted by Gasteiger charge is 2.44. The predicted octanol–water partition coefficient (Wildman–Crippen LogP) is 3.12. The molecule has 3 rings (SSSR count). The lowest BCUT2D eigenvalue weighted by Gasteiger charge is -2.37. The molecule has 1 aromatic rings. The molecular weight excluding hydrogens is 246 g/mol. The second-order valence-electron chi connectivity index (χ2n) is 5.20. The second kappa shape index (κ2) is 5.04. The van der Waals surface area contributed by atoms with Gasteiger partial charge in [0.05, 0.1) is 12.2 Å². The molecule has 1 N–H and O–H groups in total. The molecule has 0 bridgehead atoms. The number of fused-ring (bicyclic) bond motifs is 3. The third-order valence-corrected chi connectivity index (χ3v) is 4.08.